The van der Waals surface area contributed by atoms with Gasteiger partial charge in [-0.3, -0.25) is 38.4 Å². The van der Waals surface area contributed by atoms with E-state index in [9.17, 15) is 48.3 Å². The molecule has 1 heterocycles. The molecular formula is C46H73N7O11. The quantitative estimate of drug-likeness (QED) is 0.0529. The van der Waals surface area contributed by atoms with Crippen molar-refractivity contribution >= 4 is 52.9 Å². The summed E-state index contributed by atoms with van der Waals surface area (Å²) in [5.41, 5.74) is 18.5. The first-order chi connectivity index (χ1) is 30.1. The number of nitrogens with two attached hydrogens (primary N) is 3. The highest BCUT2D eigenvalue weighted by Crippen LogP contribution is 2.23. The van der Waals surface area contributed by atoms with Crippen molar-refractivity contribution in [2.45, 2.75) is 149 Å². The number of aliphatic hydroxyl groups is 1. The molecule has 0 radical (unpaired) electrons. The Morgan fingerprint density at radius 3 is 2.02 bits per heavy atom. The Hall–Kier alpha value is -5.07. The van der Waals surface area contributed by atoms with Crippen LogP contribution in [-0.4, -0.2) is 107 Å². The van der Waals surface area contributed by atoms with Gasteiger partial charge in [-0.05, 0) is 75.3 Å². The summed E-state index contributed by atoms with van der Waals surface area (Å²) in [6.45, 7) is 11.7. The number of nitrogens with one attached hydrogen (secondary N) is 4. The molecule has 1 aromatic rings. The second-order valence-electron chi connectivity index (χ2n) is 18.3. The summed E-state index contributed by atoms with van der Waals surface area (Å²) in [7, 11) is 0. The summed E-state index contributed by atoms with van der Waals surface area (Å²) in [6.07, 6.45) is -1.71. The fourth-order valence-corrected chi connectivity index (χ4v) is 7.64. The van der Waals surface area contributed by atoms with Crippen LogP contribution in [0.25, 0.3) is 0 Å². The lowest BCUT2D eigenvalue weighted by atomic mass is 9.88. The third-order valence-corrected chi connectivity index (χ3v) is 11.1. The van der Waals surface area contributed by atoms with Crippen LogP contribution in [0, 0.1) is 35.5 Å². The summed E-state index contributed by atoms with van der Waals surface area (Å²) in [6, 6.07) is 3.00. The van der Waals surface area contributed by atoms with Crippen LogP contribution < -0.4 is 38.5 Å². The summed E-state index contributed by atoms with van der Waals surface area (Å²) in [5, 5.41) is 20.8. The molecule has 2 rings (SSSR count). The Morgan fingerprint density at radius 2 is 1.45 bits per heavy atom. The Balaban J connectivity index is 2.42. The molecule has 5 amide bonds. The van der Waals surface area contributed by atoms with Gasteiger partial charge in [-0.15, -0.1) is 0 Å². The number of ether oxygens (including phenoxy) is 1. The maximum atomic E-state index is 14.0. The normalized spacial score (nSPS) is 21.9. The van der Waals surface area contributed by atoms with Crippen molar-refractivity contribution in [1.82, 2.24) is 21.3 Å². The van der Waals surface area contributed by atoms with Crippen molar-refractivity contribution in [3.63, 3.8) is 0 Å². The smallest absolute Gasteiger partial charge is 0.329 e. The SMILES string of the molecule is CC(C)C[C@H]1CC(=O)[C@@H](C)NC(=O)[C@@H](CC(=O)[C@H](CO)NC(=O)[C@@H](CCCCN)CC(=O)[C@@H](CC(C)C)NC(=O)[C@@H](N)Cc2ccccc2)[C@H](C(N)=O)OC(=O)[C@@H](CC(C)C)NC1=O. The van der Waals surface area contributed by atoms with Crippen LogP contribution >= 0.6 is 0 Å². The Kier molecular flexibility index (Phi) is 23.5. The zero-order valence-corrected chi connectivity index (χ0v) is 38.6. The molecule has 0 aromatic heterocycles. The Bertz CT molecular complexity index is 1760. The molecule has 18 heteroatoms. The molecule has 11 N–H and O–H groups in total. The minimum Gasteiger partial charge on any atom is -0.450 e. The standard InChI is InChI=1S/C46H73N7O11/c1-25(2)17-31-22-37(55)28(7)50-44(61)32(40(41(49)58)64-46(63)35(19-27(5)6)52-43(31)60)23-39(57)36(24-54)53-42(59)30(15-11-12-16-47)21-38(56)34(18-26(3)4)51-45(62)33(48)20-29-13-9-8-10-14-29/h8-10,13-14,25-28,30-36,40,54H,11-12,15-24,47-48H2,1-7H3,(H2,49,58)(H,50,61)(H,51,62)(H,52,60)(H,53,59)/t28-,30+,31+,32+,33+,34-,35-,36+,40-/m1/s1. The van der Waals surface area contributed by atoms with E-state index in [2.05, 4.69) is 21.3 Å². The average Bonchev–Trinajstić information content (AvgIpc) is 3.22. The number of carbonyl (C=O) groups excluding carboxylic acids is 9. The Labute approximate surface area is 377 Å². The third kappa shape index (κ3) is 18.6. The number of benzene rings is 1. The number of hydrogen-bond acceptors (Lipinski definition) is 13. The van der Waals surface area contributed by atoms with Crippen LogP contribution in [-0.2, 0) is 54.3 Å². The number of ketones is 3. The van der Waals surface area contributed by atoms with Crippen molar-refractivity contribution in [3.8, 4) is 0 Å². The maximum Gasteiger partial charge on any atom is 0.329 e. The second kappa shape index (κ2) is 27.3. The molecular weight excluding hydrogens is 827 g/mol. The first-order valence-corrected chi connectivity index (χ1v) is 22.5. The largest absolute Gasteiger partial charge is 0.450 e. The first kappa shape index (κ1) is 55.1. The van der Waals surface area contributed by atoms with E-state index in [0.717, 1.165) is 5.56 Å². The maximum absolute atomic E-state index is 14.0. The molecule has 64 heavy (non-hydrogen) atoms. The van der Waals surface area contributed by atoms with Gasteiger partial charge in [-0.1, -0.05) is 78.3 Å². The van der Waals surface area contributed by atoms with Crippen LogP contribution in [0.4, 0.5) is 0 Å². The van der Waals surface area contributed by atoms with Crippen LogP contribution in [0.15, 0.2) is 30.3 Å². The van der Waals surface area contributed by atoms with Crippen molar-refractivity contribution in [2.24, 2.45) is 52.7 Å². The van der Waals surface area contributed by atoms with Crippen LogP contribution in [0.5, 0.6) is 0 Å². The van der Waals surface area contributed by atoms with Gasteiger partial charge in [0.05, 0.1) is 30.7 Å². The molecule has 9 atom stereocenters. The fraction of sp³-hybridized carbons (Fsp3) is 0.674. The third-order valence-electron chi connectivity index (χ3n) is 11.1. The van der Waals surface area contributed by atoms with E-state index in [0.29, 0.717) is 19.4 Å². The monoisotopic (exact) mass is 900 g/mol. The van der Waals surface area contributed by atoms with Gasteiger partial charge in [-0.2, -0.15) is 0 Å². The van der Waals surface area contributed by atoms with Crippen molar-refractivity contribution < 1.29 is 53.0 Å². The molecule has 1 saturated heterocycles. The van der Waals surface area contributed by atoms with E-state index in [-0.39, 0.29) is 62.7 Å². The van der Waals surface area contributed by atoms with Crippen LogP contribution in [0.1, 0.15) is 112 Å². The highest BCUT2D eigenvalue weighted by atomic mass is 16.6. The van der Waals surface area contributed by atoms with Gasteiger partial charge in [0.25, 0.3) is 5.91 Å². The number of aliphatic hydroxyl groups excluding tert-OH is 1. The number of unbranched alkanes of at least 4 members (excludes halogenated alkanes) is 1. The topological polar surface area (TPSA) is 309 Å². The van der Waals surface area contributed by atoms with Gasteiger partial charge in [0.15, 0.2) is 23.5 Å². The molecule has 0 aliphatic carbocycles. The summed E-state index contributed by atoms with van der Waals surface area (Å²) in [5.74, 6) is -11.3. The van der Waals surface area contributed by atoms with E-state index in [1.807, 2.05) is 58.0 Å². The number of amides is 5. The lowest BCUT2D eigenvalue weighted by Crippen LogP contribution is -2.53. The number of primary amides is 1. The van der Waals surface area contributed by atoms with Crippen molar-refractivity contribution in [1.29, 1.82) is 0 Å². The van der Waals surface area contributed by atoms with E-state index < -0.39 is 120 Å². The molecule has 0 bridgehead atoms. The van der Waals surface area contributed by atoms with Gasteiger partial charge in [0.1, 0.15) is 12.1 Å². The minimum atomic E-state index is -2.08. The first-order valence-electron chi connectivity index (χ1n) is 22.5. The van der Waals surface area contributed by atoms with E-state index in [1.54, 1.807) is 13.8 Å². The lowest BCUT2D eigenvalue weighted by molar-refractivity contribution is -0.164. The Morgan fingerprint density at radius 1 is 0.828 bits per heavy atom. The predicted molar refractivity (Wildman–Crippen MR) is 238 cm³/mol. The molecule has 18 nitrogen and oxygen atoms in total. The molecule has 1 aromatic carbocycles. The van der Waals surface area contributed by atoms with Gasteiger partial charge >= 0.3 is 5.97 Å². The highest BCUT2D eigenvalue weighted by molar-refractivity contribution is 6.00. The lowest BCUT2D eigenvalue weighted by Gasteiger charge is -2.28. The molecule has 0 saturated carbocycles. The molecule has 0 spiro atoms. The van der Waals surface area contributed by atoms with E-state index in [4.69, 9.17) is 21.9 Å². The second-order valence-corrected chi connectivity index (χ2v) is 18.3. The number of hydrogen-bond donors (Lipinski definition) is 8. The summed E-state index contributed by atoms with van der Waals surface area (Å²) >= 11 is 0. The molecule has 1 aliphatic heterocycles. The van der Waals surface area contributed by atoms with Gasteiger partial charge in [0.2, 0.25) is 23.6 Å². The average molecular weight is 900 g/mol. The number of rotatable bonds is 24. The van der Waals surface area contributed by atoms with E-state index >= 15 is 0 Å². The zero-order valence-electron chi connectivity index (χ0n) is 38.6. The molecule has 0 unspecified atom stereocenters. The van der Waals surface area contributed by atoms with Crippen LogP contribution in [0.2, 0.25) is 0 Å². The molecule has 1 aliphatic rings. The molecule has 358 valence electrons. The number of Topliss-reactive ketones (excluding diaryl/α,β-unsaturated/α-hetero) is 3. The van der Waals surface area contributed by atoms with Crippen LogP contribution in [0.3, 0.4) is 0 Å². The van der Waals surface area contributed by atoms with E-state index in [1.165, 1.54) is 6.92 Å². The number of cyclic esters (lactones) is 1. The molecule has 1 fully saturated rings. The van der Waals surface area contributed by atoms with Gasteiger partial charge in [-0.25, -0.2) is 4.79 Å². The van der Waals surface area contributed by atoms with Crippen molar-refractivity contribution in [3.05, 3.63) is 35.9 Å². The number of carbonyl (C=O) groups is 9. The minimum absolute atomic E-state index is 0.0137. The predicted octanol–water partition coefficient (Wildman–Crippen LogP) is 0.912. The highest BCUT2D eigenvalue weighted by Gasteiger charge is 2.42. The fourth-order valence-electron chi connectivity index (χ4n) is 7.64. The summed E-state index contributed by atoms with van der Waals surface area (Å²) < 4.78 is 5.54. The zero-order chi connectivity index (χ0) is 48.3. The van der Waals surface area contributed by atoms with Gasteiger partial charge < -0.3 is 48.3 Å². The number of esters is 1. The summed E-state index contributed by atoms with van der Waals surface area (Å²) in [4.78, 5) is 123. The van der Waals surface area contributed by atoms with Crippen molar-refractivity contribution in [2.75, 3.05) is 13.2 Å². The van der Waals surface area contributed by atoms with Gasteiger partial charge in [0, 0.05) is 31.1 Å².